The number of aromatic nitrogens is 2. The van der Waals surface area contributed by atoms with Gasteiger partial charge in [-0.2, -0.15) is 0 Å². The second-order valence-electron chi connectivity index (χ2n) is 4.81. The number of rotatable bonds is 5. The van der Waals surface area contributed by atoms with Crippen molar-refractivity contribution < 1.29 is 4.74 Å². The summed E-state index contributed by atoms with van der Waals surface area (Å²) in [6.45, 7) is 2.85. The number of thiazole rings is 1. The number of anilines is 1. The van der Waals surface area contributed by atoms with Crippen molar-refractivity contribution in [2.45, 2.75) is 13.3 Å². The predicted octanol–water partition coefficient (Wildman–Crippen LogP) is 3.66. The number of hydrogen-bond acceptors (Lipinski definition) is 5. The van der Waals surface area contributed by atoms with E-state index >= 15 is 0 Å². The third-order valence-corrected chi connectivity index (χ3v) is 4.30. The summed E-state index contributed by atoms with van der Waals surface area (Å²) in [6.07, 6.45) is 2.73. The van der Waals surface area contributed by atoms with Crippen LogP contribution in [-0.4, -0.2) is 23.6 Å². The number of methoxy groups -OCH3 is 1. The molecule has 0 atom stereocenters. The molecule has 1 N–H and O–H groups in total. The Balaban J connectivity index is 1.74. The highest BCUT2D eigenvalue weighted by atomic mass is 32.1. The smallest absolute Gasteiger partial charge is 0.133 e. The van der Waals surface area contributed by atoms with Gasteiger partial charge in [-0.25, -0.2) is 9.97 Å². The lowest BCUT2D eigenvalue weighted by Gasteiger charge is -2.09. The molecule has 1 aromatic carbocycles. The summed E-state index contributed by atoms with van der Waals surface area (Å²) >= 11 is 1.71. The van der Waals surface area contributed by atoms with Crippen LogP contribution in [0, 0.1) is 6.92 Å². The van der Waals surface area contributed by atoms with Gasteiger partial charge in [-0.1, -0.05) is 0 Å². The number of pyridine rings is 1. The van der Waals surface area contributed by atoms with E-state index in [1.54, 1.807) is 18.4 Å². The fourth-order valence-electron chi connectivity index (χ4n) is 2.23. The van der Waals surface area contributed by atoms with Crippen LogP contribution in [0.15, 0.2) is 35.8 Å². The lowest BCUT2D eigenvalue weighted by molar-refractivity contribution is 0.415. The highest BCUT2D eigenvalue weighted by Gasteiger charge is 2.04. The first-order valence-corrected chi connectivity index (χ1v) is 7.72. The first kappa shape index (κ1) is 13.8. The van der Waals surface area contributed by atoms with Gasteiger partial charge >= 0.3 is 0 Å². The van der Waals surface area contributed by atoms with Gasteiger partial charge in [0.1, 0.15) is 11.6 Å². The highest BCUT2D eigenvalue weighted by molar-refractivity contribution is 7.09. The van der Waals surface area contributed by atoms with Gasteiger partial charge in [-0.05, 0) is 36.6 Å². The van der Waals surface area contributed by atoms with Gasteiger partial charge in [0.2, 0.25) is 0 Å². The zero-order valence-corrected chi connectivity index (χ0v) is 12.9. The summed E-state index contributed by atoms with van der Waals surface area (Å²) in [4.78, 5) is 8.90. The van der Waals surface area contributed by atoms with Crippen LogP contribution in [0.25, 0.3) is 10.8 Å². The molecule has 0 unspecified atom stereocenters. The van der Waals surface area contributed by atoms with E-state index < -0.39 is 0 Å². The van der Waals surface area contributed by atoms with Gasteiger partial charge in [0.25, 0.3) is 0 Å². The largest absolute Gasteiger partial charge is 0.497 e. The Morgan fingerprint density at radius 3 is 2.95 bits per heavy atom. The van der Waals surface area contributed by atoms with Crippen molar-refractivity contribution in [3.63, 3.8) is 0 Å². The average molecular weight is 299 g/mol. The third-order valence-electron chi connectivity index (χ3n) is 3.27. The molecule has 21 heavy (non-hydrogen) atoms. The van der Waals surface area contributed by atoms with Crippen molar-refractivity contribution in [3.05, 3.63) is 46.5 Å². The van der Waals surface area contributed by atoms with Crippen LogP contribution in [0.3, 0.4) is 0 Å². The summed E-state index contributed by atoms with van der Waals surface area (Å²) in [5, 5.41) is 8.86. The van der Waals surface area contributed by atoms with Gasteiger partial charge in [0, 0.05) is 35.6 Å². The quantitative estimate of drug-likeness (QED) is 0.781. The third kappa shape index (κ3) is 3.13. The van der Waals surface area contributed by atoms with Crippen molar-refractivity contribution in [1.82, 2.24) is 9.97 Å². The second kappa shape index (κ2) is 6.10. The molecular weight excluding hydrogens is 282 g/mol. The molecule has 5 heteroatoms. The molecule has 0 spiro atoms. The van der Waals surface area contributed by atoms with E-state index in [9.17, 15) is 0 Å². The van der Waals surface area contributed by atoms with E-state index in [0.29, 0.717) is 0 Å². The maximum Gasteiger partial charge on any atom is 0.133 e. The minimum Gasteiger partial charge on any atom is -0.497 e. The molecule has 3 aromatic rings. The van der Waals surface area contributed by atoms with Crippen molar-refractivity contribution in [1.29, 1.82) is 0 Å². The van der Waals surface area contributed by atoms with Crippen LogP contribution in [-0.2, 0) is 6.42 Å². The zero-order valence-electron chi connectivity index (χ0n) is 12.1. The molecule has 0 amide bonds. The summed E-state index contributed by atoms with van der Waals surface area (Å²) < 4.78 is 5.26. The average Bonchev–Trinajstić information content (AvgIpc) is 2.92. The molecule has 0 bridgehead atoms. The topological polar surface area (TPSA) is 47.0 Å². The van der Waals surface area contributed by atoms with Crippen molar-refractivity contribution in [3.8, 4) is 5.75 Å². The lowest BCUT2D eigenvalue weighted by atomic mass is 10.1. The maximum absolute atomic E-state index is 5.26. The molecule has 108 valence electrons. The fourth-order valence-corrected chi connectivity index (χ4v) is 3.01. The van der Waals surface area contributed by atoms with Gasteiger partial charge in [-0.3, -0.25) is 0 Å². The SMILES string of the molecule is COc1ccc2c(NCCc3nc(C)cs3)nccc2c1. The number of ether oxygens (including phenoxy) is 1. The summed E-state index contributed by atoms with van der Waals surface area (Å²) in [7, 11) is 1.68. The normalized spacial score (nSPS) is 10.8. The van der Waals surface area contributed by atoms with E-state index in [4.69, 9.17) is 4.74 Å². The molecule has 0 saturated heterocycles. The molecule has 0 fully saturated rings. The Labute approximate surface area is 127 Å². The zero-order chi connectivity index (χ0) is 14.7. The molecule has 0 aliphatic heterocycles. The molecule has 0 aliphatic carbocycles. The summed E-state index contributed by atoms with van der Waals surface area (Å²) in [6, 6.07) is 8.01. The van der Waals surface area contributed by atoms with E-state index in [-0.39, 0.29) is 0 Å². The van der Waals surface area contributed by atoms with Crippen LogP contribution in [0.4, 0.5) is 5.82 Å². The van der Waals surface area contributed by atoms with Crippen LogP contribution >= 0.6 is 11.3 Å². The molecule has 3 rings (SSSR count). The number of benzene rings is 1. The van der Waals surface area contributed by atoms with Crippen LogP contribution in [0.2, 0.25) is 0 Å². The van der Waals surface area contributed by atoms with E-state index in [1.807, 2.05) is 37.4 Å². The number of fused-ring (bicyclic) bond motifs is 1. The Bertz CT molecular complexity index is 754. The van der Waals surface area contributed by atoms with E-state index in [0.717, 1.165) is 46.0 Å². The number of nitrogens with zero attached hydrogens (tertiary/aromatic N) is 2. The van der Waals surface area contributed by atoms with Crippen LogP contribution in [0.5, 0.6) is 5.75 Å². The van der Waals surface area contributed by atoms with Crippen molar-refractivity contribution >= 4 is 27.9 Å². The van der Waals surface area contributed by atoms with E-state index in [2.05, 4.69) is 20.7 Å². The first-order valence-electron chi connectivity index (χ1n) is 6.84. The Hall–Kier alpha value is -2.14. The van der Waals surface area contributed by atoms with Crippen molar-refractivity contribution in [2.75, 3.05) is 19.0 Å². The monoisotopic (exact) mass is 299 g/mol. The molecule has 0 saturated carbocycles. The second-order valence-corrected chi connectivity index (χ2v) is 5.75. The number of hydrogen-bond donors (Lipinski definition) is 1. The molecule has 0 radical (unpaired) electrons. The Morgan fingerprint density at radius 1 is 1.29 bits per heavy atom. The van der Waals surface area contributed by atoms with Gasteiger partial charge in [-0.15, -0.1) is 11.3 Å². The lowest BCUT2D eigenvalue weighted by Crippen LogP contribution is -2.06. The standard InChI is InChI=1S/C16H17N3OS/c1-11-10-21-15(19-11)6-8-18-16-14-4-3-13(20-2)9-12(14)5-7-17-16/h3-5,7,9-10H,6,8H2,1-2H3,(H,17,18). The number of nitrogens with one attached hydrogen (secondary N) is 1. The van der Waals surface area contributed by atoms with Crippen LogP contribution < -0.4 is 10.1 Å². The molecule has 2 aromatic heterocycles. The van der Waals surface area contributed by atoms with Gasteiger partial charge in [0.15, 0.2) is 0 Å². The van der Waals surface area contributed by atoms with E-state index in [1.165, 1.54) is 0 Å². The fraction of sp³-hybridized carbons (Fsp3) is 0.250. The predicted molar refractivity (Wildman–Crippen MR) is 87.3 cm³/mol. The van der Waals surface area contributed by atoms with Gasteiger partial charge in [0.05, 0.1) is 12.1 Å². The van der Waals surface area contributed by atoms with Crippen LogP contribution in [0.1, 0.15) is 10.7 Å². The maximum atomic E-state index is 5.26. The van der Waals surface area contributed by atoms with Crippen molar-refractivity contribution in [2.24, 2.45) is 0 Å². The summed E-state index contributed by atoms with van der Waals surface area (Å²) in [5.74, 6) is 1.77. The van der Waals surface area contributed by atoms with Gasteiger partial charge < -0.3 is 10.1 Å². The molecule has 2 heterocycles. The Kier molecular flexibility index (Phi) is 4.01. The Morgan fingerprint density at radius 2 is 2.19 bits per heavy atom. The molecular formula is C16H17N3OS. The summed E-state index contributed by atoms with van der Waals surface area (Å²) in [5.41, 5.74) is 1.09. The first-order chi connectivity index (χ1) is 10.3. The number of aryl methyl sites for hydroxylation is 1. The minimum absolute atomic E-state index is 0.824. The molecule has 0 aliphatic rings. The molecule has 4 nitrogen and oxygen atoms in total. The minimum atomic E-state index is 0.824. The highest BCUT2D eigenvalue weighted by Crippen LogP contribution is 2.25.